The van der Waals surface area contributed by atoms with Gasteiger partial charge in [0.25, 0.3) is 0 Å². The third-order valence-corrected chi connectivity index (χ3v) is 3.57. The van der Waals surface area contributed by atoms with Crippen molar-refractivity contribution in [3.8, 4) is 0 Å². The van der Waals surface area contributed by atoms with Crippen LogP contribution in [0.4, 0.5) is 0 Å². The fraction of sp³-hybridized carbons (Fsp3) is 0.600. The lowest BCUT2D eigenvalue weighted by Gasteiger charge is -2.14. The van der Waals surface area contributed by atoms with Crippen LogP contribution in [-0.4, -0.2) is 31.8 Å². The van der Waals surface area contributed by atoms with Crippen LogP contribution in [0.1, 0.15) is 31.2 Å². The zero-order chi connectivity index (χ0) is 13.1. The van der Waals surface area contributed by atoms with Crippen LogP contribution in [0.5, 0.6) is 0 Å². The molecule has 0 radical (unpaired) electrons. The van der Waals surface area contributed by atoms with E-state index in [2.05, 4.69) is 47.1 Å². The molecule has 0 fully saturated rings. The van der Waals surface area contributed by atoms with Gasteiger partial charge in [-0.15, -0.1) is 0 Å². The van der Waals surface area contributed by atoms with Crippen LogP contribution in [0.2, 0.25) is 0 Å². The number of ether oxygens (including phenoxy) is 2. The van der Waals surface area contributed by atoms with Gasteiger partial charge >= 0.3 is 0 Å². The first kappa shape index (κ1) is 15.7. The van der Waals surface area contributed by atoms with E-state index in [0.717, 1.165) is 25.0 Å². The molecule has 1 aromatic rings. The van der Waals surface area contributed by atoms with Crippen LogP contribution in [0.3, 0.4) is 0 Å². The molecule has 0 N–H and O–H groups in total. The standard InChI is InChI=1S/C15H23BrO2/c1-2-3-9-17-10-11-18-13-15(12-16)14-7-5-4-6-8-14/h4-8,15H,2-3,9-13H2,1H3. The highest BCUT2D eigenvalue weighted by atomic mass is 79.9. The number of benzene rings is 1. The summed E-state index contributed by atoms with van der Waals surface area (Å²) in [6.07, 6.45) is 2.31. The second kappa shape index (κ2) is 10.5. The number of hydrogen-bond donors (Lipinski definition) is 0. The SMILES string of the molecule is CCCCOCCOCC(CBr)c1ccccc1. The van der Waals surface area contributed by atoms with Gasteiger partial charge in [0.05, 0.1) is 19.8 Å². The van der Waals surface area contributed by atoms with Crippen molar-refractivity contribution in [2.24, 2.45) is 0 Å². The molecular weight excluding hydrogens is 292 g/mol. The van der Waals surface area contributed by atoms with Gasteiger partial charge in [0.1, 0.15) is 0 Å². The summed E-state index contributed by atoms with van der Waals surface area (Å²) in [6.45, 7) is 5.14. The van der Waals surface area contributed by atoms with E-state index in [4.69, 9.17) is 9.47 Å². The summed E-state index contributed by atoms with van der Waals surface area (Å²) < 4.78 is 11.1. The normalized spacial score (nSPS) is 12.6. The first-order valence-corrected chi connectivity index (χ1v) is 7.77. The first-order valence-electron chi connectivity index (χ1n) is 6.64. The van der Waals surface area contributed by atoms with Crippen LogP contribution >= 0.6 is 15.9 Å². The average molecular weight is 315 g/mol. The minimum Gasteiger partial charge on any atom is -0.379 e. The van der Waals surface area contributed by atoms with Crippen molar-refractivity contribution in [3.05, 3.63) is 35.9 Å². The summed E-state index contributed by atoms with van der Waals surface area (Å²) in [4.78, 5) is 0. The number of halogens is 1. The molecule has 0 saturated carbocycles. The van der Waals surface area contributed by atoms with Gasteiger partial charge in [-0.2, -0.15) is 0 Å². The zero-order valence-corrected chi connectivity index (χ0v) is 12.7. The third kappa shape index (κ3) is 6.53. The van der Waals surface area contributed by atoms with Crippen molar-refractivity contribution in [2.45, 2.75) is 25.7 Å². The maximum atomic E-state index is 5.67. The maximum absolute atomic E-state index is 5.67. The van der Waals surface area contributed by atoms with Gasteiger partial charge < -0.3 is 9.47 Å². The molecule has 1 unspecified atom stereocenters. The molecule has 102 valence electrons. The lowest BCUT2D eigenvalue weighted by molar-refractivity contribution is 0.0430. The van der Waals surface area contributed by atoms with Crippen molar-refractivity contribution < 1.29 is 9.47 Å². The van der Waals surface area contributed by atoms with E-state index < -0.39 is 0 Å². The largest absolute Gasteiger partial charge is 0.379 e. The Labute approximate surface area is 119 Å². The molecule has 1 rings (SSSR count). The number of alkyl halides is 1. The van der Waals surface area contributed by atoms with E-state index in [9.17, 15) is 0 Å². The minimum absolute atomic E-state index is 0.418. The van der Waals surface area contributed by atoms with Gasteiger partial charge in [0, 0.05) is 17.9 Å². The minimum atomic E-state index is 0.418. The summed E-state index contributed by atoms with van der Waals surface area (Å²) in [7, 11) is 0. The monoisotopic (exact) mass is 314 g/mol. The first-order chi connectivity index (χ1) is 8.88. The molecule has 0 spiro atoms. The third-order valence-electron chi connectivity index (χ3n) is 2.79. The molecule has 2 nitrogen and oxygen atoms in total. The van der Waals surface area contributed by atoms with Crippen LogP contribution in [0.25, 0.3) is 0 Å². The highest BCUT2D eigenvalue weighted by molar-refractivity contribution is 9.09. The Morgan fingerprint density at radius 3 is 2.44 bits per heavy atom. The average Bonchev–Trinajstić information content (AvgIpc) is 2.43. The van der Waals surface area contributed by atoms with Crippen LogP contribution in [-0.2, 0) is 9.47 Å². The smallest absolute Gasteiger partial charge is 0.0700 e. The second-order valence-corrected chi connectivity index (χ2v) is 4.95. The summed E-state index contributed by atoms with van der Waals surface area (Å²) in [6, 6.07) is 10.5. The van der Waals surface area contributed by atoms with Crippen molar-refractivity contribution in [1.29, 1.82) is 0 Å². The summed E-state index contributed by atoms with van der Waals surface area (Å²) in [5.74, 6) is 0.418. The lowest BCUT2D eigenvalue weighted by Crippen LogP contribution is -2.13. The second-order valence-electron chi connectivity index (χ2n) is 4.30. The lowest BCUT2D eigenvalue weighted by atomic mass is 10.0. The number of rotatable bonds is 10. The molecule has 0 aromatic heterocycles. The molecule has 18 heavy (non-hydrogen) atoms. The number of hydrogen-bond acceptors (Lipinski definition) is 2. The fourth-order valence-corrected chi connectivity index (χ4v) is 2.21. The zero-order valence-electron chi connectivity index (χ0n) is 11.1. The molecule has 0 aliphatic rings. The van der Waals surface area contributed by atoms with E-state index >= 15 is 0 Å². The summed E-state index contributed by atoms with van der Waals surface area (Å²) >= 11 is 3.54. The van der Waals surface area contributed by atoms with Crippen molar-refractivity contribution >= 4 is 15.9 Å². The molecule has 3 heteroatoms. The van der Waals surface area contributed by atoms with Crippen LogP contribution < -0.4 is 0 Å². The van der Waals surface area contributed by atoms with E-state index in [0.29, 0.717) is 19.1 Å². The number of unbranched alkanes of at least 4 members (excludes halogenated alkanes) is 1. The Balaban J connectivity index is 2.13. The molecule has 0 aliphatic carbocycles. The van der Waals surface area contributed by atoms with Crippen LogP contribution in [0.15, 0.2) is 30.3 Å². The van der Waals surface area contributed by atoms with Crippen molar-refractivity contribution in [3.63, 3.8) is 0 Å². The van der Waals surface area contributed by atoms with Gasteiger partial charge in [0.15, 0.2) is 0 Å². The highest BCUT2D eigenvalue weighted by Crippen LogP contribution is 2.18. The Morgan fingerprint density at radius 2 is 1.78 bits per heavy atom. The van der Waals surface area contributed by atoms with E-state index in [1.807, 2.05) is 6.07 Å². The molecule has 0 heterocycles. The fourth-order valence-electron chi connectivity index (χ4n) is 1.65. The Morgan fingerprint density at radius 1 is 1.06 bits per heavy atom. The Kier molecular flexibility index (Phi) is 9.17. The molecular formula is C15H23BrO2. The highest BCUT2D eigenvalue weighted by Gasteiger charge is 2.09. The molecule has 0 aliphatic heterocycles. The van der Waals surface area contributed by atoms with Gasteiger partial charge in [-0.25, -0.2) is 0 Å². The van der Waals surface area contributed by atoms with Gasteiger partial charge in [0.2, 0.25) is 0 Å². The predicted octanol–water partition coefficient (Wildman–Crippen LogP) is 4.00. The van der Waals surface area contributed by atoms with Gasteiger partial charge in [-0.1, -0.05) is 59.6 Å². The van der Waals surface area contributed by atoms with E-state index in [1.54, 1.807) is 0 Å². The Hall–Kier alpha value is -0.380. The van der Waals surface area contributed by atoms with Crippen molar-refractivity contribution in [1.82, 2.24) is 0 Å². The molecule has 1 atom stereocenters. The van der Waals surface area contributed by atoms with Crippen molar-refractivity contribution in [2.75, 3.05) is 31.8 Å². The topological polar surface area (TPSA) is 18.5 Å². The van der Waals surface area contributed by atoms with Crippen LogP contribution in [0, 0.1) is 0 Å². The van der Waals surface area contributed by atoms with Gasteiger partial charge in [-0.3, -0.25) is 0 Å². The molecule has 1 aromatic carbocycles. The quantitative estimate of drug-likeness (QED) is 0.480. The van der Waals surface area contributed by atoms with Gasteiger partial charge in [-0.05, 0) is 12.0 Å². The van der Waals surface area contributed by atoms with E-state index in [-0.39, 0.29) is 0 Å². The summed E-state index contributed by atoms with van der Waals surface area (Å²) in [5, 5.41) is 0.924. The molecule has 0 bridgehead atoms. The van der Waals surface area contributed by atoms with E-state index in [1.165, 1.54) is 12.0 Å². The predicted molar refractivity (Wildman–Crippen MR) is 79.5 cm³/mol. The molecule has 0 saturated heterocycles. The summed E-state index contributed by atoms with van der Waals surface area (Å²) in [5.41, 5.74) is 1.32. The Bertz CT molecular complexity index is 290. The molecule has 0 amide bonds. The maximum Gasteiger partial charge on any atom is 0.0700 e.